The van der Waals surface area contributed by atoms with Crippen LogP contribution in [0.4, 0.5) is 48.3 Å². The quantitative estimate of drug-likeness (QED) is 0.421. The maximum Gasteiger partial charge on any atom is 0.460 e. The lowest BCUT2D eigenvalue weighted by molar-refractivity contribution is -0.413. The van der Waals surface area contributed by atoms with Crippen molar-refractivity contribution in [3.05, 3.63) is 30.3 Å². The van der Waals surface area contributed by atoms with Gasteiger partial charge in [-0.2, -0.15) is 60.3 Å². The highest BCUT2D eigenvalue weighted by Crippen LogP contribution is 2.58. The van der Waals surface area contributed by atoms with Gasteiger partial charge in [-0.25, -0.2) is 0 Å². The van der Waals surface area contributed by atoms with Crippen molar-refractivity contribution >= 4 is 22.2 Å². The minimum Gasteiger partial charge on any atom is -0.192 e. The highest BCUT2D eigenvalue weighted by molar-refractivity contribution is 8.04. The van der Waals surface area contributed by atoms with Gasteiger partial charge in [0.1, 0.15) is 0 Å². The molecule has 1 aromatic carbocycles. The molecule has 1 rings (SSSR count). The predicted molar refractivity (Wildman–Crippen MR) is 68.1 cm³/mol. The first-order chi connectivity index (χ1) is 11.8. The van der Waals surface area contributed by atoms with Crippen LogP contribution in [0.3, 0.4) is 0 Å². The van der Waals surface area contributed by atoms with Crippen molar-refractivity contribution in [1.29, 1.82) is 0 Å². The Bertz CT molecular complexity index is 760. The Labute approximate surface area is 147 Å². The molecular formula is C11H5F11O3S2. The van der Waals surface area contributed by atoms with E-state index in [1.54, 1.807) is 0 Å². The first-order valence-corrected chi connectivity index (χ1v) is 8.21. The van der Waals surface area contributed by atoms with Crippen molar-refractivity contribution in [3.8, 4) is 0 Å². The molecule has 0 aliphatic carbocycles. The van der Waals surface area contributed by atoms with E-state index >= 15 is 0 Å². The maximum absolute atomic E-state index is 13.4. The van der Waals surface area contributed by atoms with Crippen molar-refractivity contribution in [2.75, 3.05) is 0 Å². The van der Waals surface area contributed by atoms with E-state index in [0.29, 0.717) is 0 Å². The number of hydrogen-bond donors (Lipinski definition) is 0. The molecule has 156 valence electrons. The summed E-state index contributed by atoms with van der Waals surface area (Å²) in [6.07, 6.45) is -7.39. The van der Waals surface area contributed by atoms with Crippen LogP contribution in [0.2, 0.25) is 0 Å². The third-order valence-corrected chi connectivity index (χ3v) is 5.12. The smallest absolute Gasteiger partial charge is 0.192 e. The average Bonchev–Trinajstić information content (AvgIpc) is 2.52. The third-order valence-electron chi connectivity index (χ3n) is 2.79. The lowest BCUT2D eigenvalue weighted by Crippen LogP contribution is -2.67. The molecule has 16 heteroatoms. The Kier molecular flexibility index (Phi) is 6.11. The van der Waals surface area contributed by atoms with Gasteiger partial charge in [0.2, 0.25) is 0 Å². The van der Waals surface area contributed by atoms with Crippen LogP contribution in [0.25, 0.3) is 0 Å². The topological polar surface area (TPSA) is 43.4 Å². The molecule has 0 N–H and O–H groups in total. The van der Waals surface area contributed by atoms with Crippen molar-refractivity contribution in [2.24, 2.45) is 0 Å². The number of alkyl halides is 11. The molecule has 0 radical (unpaired) electrons. The molecule has 0 unspecified atom stereocenters. The molecule has 1 aromatic rings. The van der Waals surface area contributed by atoms with E-state index in [2.05, 4.69) is 3.63 Å². The fourth-order valence-corrected chi connectivity index (χ4v) is 3.04. The molecule has 0 saturated carbocycles. The highest BCUT2D eigenvalue weighted by Gasteiger charge is 2.90. The van der Waals surface area contributed by atoms with Gasteiger partial charge in [-0.15, -0.1) is 0 Å². The van der Waals surface area contributed by atoms with Gasteiger partial charge < -0.3 is 0 Å². The summed E-state index contributed by atoms with van der Waals surface area (Å²) in [7, 11) is -7.11. The molecular weight excluding hydrogens is 453 g/mol. The largest absolute Gasteiger partial charge is 0.460 e. The molecule has 0 heterocycles. The van der Waals surface area contributed by atoms with Crippen LogP contribution in [0.15, 0.2) is 35.2 Å². The highest BCUT2D eigenvalue weighted by atomic mass is 32.3. The molecule has 0 atom stereocenters. The van der Waals surface area contributed by atoms with Gasteiger partial charge in [0.05, 0.1) is 0 Å². The Morgan fingerprint density at radius 1 is 0.704 bits per heavy atom. The molecule has 3 nitrogen and oxygen atoms in total. The summed E-state index contributed by atoms with van der Waals surface area (Å²) in [5, 5.41) is -7.15. The molecule has 0 fully saturated rings. The van der Waals surface area contributed by atoms with Crippen LogP contribution in [0.5, 0.6) is 0 Å². The standard InChI is InChI=1S/C11H5F11O3S2/c12-7(13,8(14,15)10(18,19)20)9(16,17)11(21,22)27(23,24)25-26-6-4-2-1-3-5-6/h1-5H. The van der Waals surface area contributed by atoms with Crippen LogP contribution in [-0.4, -0.2) is 37.6 Å². The van der Waals surface area contributed by atoms with Crippen LogP contribution in [0, 0.1) is 0 Å². The van der Waals surface area contributed by atoms with Gasteiger partial charge in [0.25, 0.3) is 0 Å². The molecule has 0 aromatic heterocycles. The van der Waals surface area contributed by atoms with Gasteiger partial charge in [-0.1, -0.05) is 18.2 Å². The lowest BCUT2D eigenvalue weighted by atomic mass is 10.0. The SMILES string of the molecule is O=S(=O)(OSc1ccccc1)C(F)(F)C(F)(F)C(F)(F)C(F)(F)C(F)(F)F. The van der Waals surface area contributed by atoms with Crippen LogP contribution in [0.1, 0.15) is 0 Å². The molecule has 0 aliphatic rings. The first-order valence-electron chi connectivity index (χ1n) is 6.06. The van der Waals surface area contributed by atoms with Crippen LogP contribution >= 0.6 is 12.0 Å². The second-order valence-corrected chi connectivity index (χ2v) is 7.26. The summed E-state index contributed by atoms with van der Waals surface area (Å²) in [6, 6.07) is 5.68. The minimum atomic E-state index is -7.84. The van der Waals surface area contributed by atoms with Gasteiger partial charge >= 0.3 is 39.3 Å². The summed E-state index contributed by atoms with van der Waals surface area (Å²) >= 11 is -0.562. The summed E-state index contributed by atoms with van der Waals surface area (Å²) in [5.41, 5.74) is 0. The molecule has 0 amide bonds. The summed E-state index contributed by atoms with van der Waals surface area (Å²) in [5.74, 6) is -23.2. The third kappa shape index (κ3) is 3.83. The van der Waals surface area contributed by atoms with E-state index in [1.807, 2.05) is 0 Å². The van der Waals surface area contributed by atoms with Crippen molar-refractivity contribution in [3.63, 3.8) is 0 Å². The Balaban J connectivity index is 3.29. The van der Waals surface area contributed by atoms with Crippen molar-refractivity contribution in [1.82, 2.24) is 0 Å². The monoisotopic (exact) mass is 458 g/mol. The first kappa shape index (κ1) is 23.7. The predicted octanol–water partition coefficient (Wildman–Crippen LogP) is 5.10. The molecule has 0 saturated heterocycles. The summed E-state index contributed by atoms with van der Waals surface area (Å²) in [6.45, 7) is 0. The van der Waals surface area contributed by atoms with Gasteiger partial charge in [-0.05, 0) is 12.1 Å². The zero-order chi connectivity index (χ0) is 21.5. The van der Waals surface area contributed by atoms with Crippen LogP contribution < -0.4 is 0 Å². The number of benzene rings is 1. The Hall–Kier alpha value is -1.29. The van der Waals surface area contributed by atoms with E-state index in [4.69, 9.17) is 0 Å². The van der Waals surface area contributed by atoms with Gasteiger partial charge in [0.15, 0.2) is 0 Å². The lowest BCUT2D eigenvalue weighted by Gasteiger charge is -2.36. The Morgan fingerprint density at radius 3 is 1.56 bits per heavy atom. The minimum absolute atomic E-state index is 0.326. The van der Waals surface area contributed by atoms with Crippen molar-refractivity contribution < 1.29 is 60.3 Å². The zero-order valence-electron chi connectivity index (χ0n) is 12.1. The summed E-state index contributed by atoms with van der Waals surface area (Å²) in [4.78, 5) is -0.326. The number of halogens is 11. The van der Waals surface area contributed by atoms with Crippen LogP contribution in [-0.2, 0) is 13.7 Å². The van der Waals surface area contributed by atoms with Gasteiger partial charge in [-0.3, -0.25) is 0 Å². The van der Waals surface area contributed by atoms with E-state index in [-0.39, 0.29) is 4.90 Å². The van der Waals surface area contributed by atoms with E-state index in [9.17, 15) is 56.7 Å². The molecule has 0 aliphatic heterocycles. The summed E-state index contributed by atoms with van der Waals surface area (Å²) < 4.78 is 166. The second-order valence-electron chi connectivity index (χ2n) is 4.66. The maximum atomic E-state index is 13.4. The average molecular weight is 458 g/mol. The van der Waals surface area contributed by atoms with Gasteiger partial charge in [0, 0.05) is 16.9 Å². The molecule has 27 heavy (non-hydrogen) atoms. The fourth-order valence-electron chi connectivity index (χ4n) is 1.32. The molecule has 0 spiro atoms. The number of rotatable bonds is 7. The van der Waals surface area contributed by atoms with E-state index in [0.717, 1.165) is 12.1 Å². The fraction of sp³-hybridized carbons (Fsp3) is 0.455. The number of hydrogen-bond acceptors (Lipinski definition) is 4. The zero-order valence-corrected chi connectivity index (χ0v) is 13.7. The van der Waals surface area contributed by atoms with Crippen molar-refractivity contribution in [2.45, 2.75) is 34.1 Å². The normalized spacial score (nSPS) is 15.1. The van der Waals surface area contributed by atoms with E-state index in [1.165, 1.54) is 18.2 Å². The molecule has 0 bridgehead atoms. The second kappa shape index (κ2) is 6.95. The van der Waals surface area contributed by atoms with E-state index < -0.39 is 51.4 Å². The Morgan fingerprint density at radius 2 is 1.15 bits per heavy atom.